The molecule has 0 amide bonds. The lowest BCUT2D eigenvalue weighted by Crippen LogP contribution is -2.01. The highest BCUT2D eigenvalue weighted by Crippen LogP contribution is 2.30. The lowest BCUT2D eigenvalue weighted by atomic mass is 10.2. The Hall–Kier alpha value is -2.78. The molecular weight excluding hydrogens is 442 g/mol. The van der Waals surface area contributed by atoms with Gasteiger partial charge in [-0.25, -0.2) is 9.97 Å². The van der Waals surface area contributed by atoms with E-state index in [0.29, 0.717) is 41.4 Å². The number of nitrogens with one attached hydrogen (secondary N) is 1. The fourth-order valence-corrected chi connectivity index (χ4v) is 3.49. The molecule has 0 bridgehead atoms. The van der Waals surface area contributed by atoms with E-state index in [1.54, 1.807) is 13.1 Å². The number of rotatable bonds is 7. The summed E-state index contributed by atoms with van der Waals surface area (Å²) in [5.41, 5.74) is 1.93. The Labute approximate surface area is 173 Å². The molecule has 3 heterocycles. The van der Waals surface area contributed by atoms with E-state index in [0.717, 1.165) is 15.7 Å². The summed E-state index contributed by atoms with van der Waals surface area (Å²) in [7, 11) is 0. The van der Waals surface area contributed by atoms with Gasteiger partial charge in [-0.3, -0.25) is 0 Å². The highest BCUT2D eigenvalue weighted by molar-refractivity contribution is 9.10. The van der Waals surface area contributed by atoms with Gasteiger partial charge in [0.15, 0.2) is 22.5 Å². The van der Waals surface area contributed by atoms with Crippen LogP contribution in [0.15, 0.2) is 57.0 Å². The molecule has 0 aliphatic carbocycles. The molecule has 0 unspecified atom stereocenters. The number of aromatic nitrogens is 4. The van der Waals surface area contributed by atoms with Gasteiger partial charge in [0.25, 0.3) is 0 Å². The van der Waals surface area contributed by atoms with Gasteiger partial charge in [0.2, 0.25) is 5.89 Å². The second-order valence-corrected chi connectivity index (χ2v) is 7.73. The maximum atomic E-state index is 5.97. The third kappa shape index (κ3) is 4.73. The van der Waals surface area contributed by atoms with Gasteiger partial charge in [-0.15, -0.1) is 11.3 Å². The van der Waals surface area contributed by atoms with Crippen LogP contribution >= 0.6 is 27.3 Å². The molecule has 7 nitrogen and oxygen atoms in total. The van der Waals surface area contributed by atoms with E-state index in [1.807, 2.05) is 41.8 Å². The molecule has 1 N–H and O–H groups in total. The van der Waals surface area contributed by atoms with Crippen LogP contribution in [-0.2, 0) is 13.0 Å². The second kappa shape index (κ2) is 8.49. The number of halogens is 1. The van der Waals surface area contributed by atoms with E-state index in [1.165, 1.54) is 11.3 Å². The minimum atomic E-state index is 0.452. The number of benzene rings is 1. The van der Waals surface area contributed by atoms with Crippen LogP contribution < -0.4 is 10.1 Å². The van der Waals surface area contributed by atoms with Gasteiger partial charge in [-0.1, -0.05) is 35.5 Å². The zero-order valence-electron chi connectivity index (χ0n) is 14.9. The minimum Gasteiger partial charge on any atom is -0.485 e. The average Bonchev–Trinajstić information content (AvgIpc) is 3.31. The van der Waals surface area contributed by atoms with Crippen LogP contribution in [0.3, 0.4) is 0 Å². The molecule has 1 aromatic carbocycles. The van der Waals surface area contributed by atoms with Crippen molar-refractivity contribution in [2.24, 2.45) is 0 Å². The van der Waals surface area contributed by atoms with Gasteiger partial charge in [-0.05, 0) is 34.5 Å². The van der Waals surface area contributed by atoms with Gasteiger partial charge < -0.3 is 14.6 Å². The number of hydrogen-bond acceptors (Lipinski definition) is 8. The Morgan fingerprint density at radius 2 is 2.07 bits per heavy atom. The number of aryl methyl sites for hydroxylation is 1. The summed E-state index contributed by atoms with van der Waals surface area (Å²) in [5, 5.41) is 9.69. The standard InChI is InChI=1S/C19H16BrN5O2S/c1-12-22-17(27-25-12)8-15-11-28-19(23-15)24-18-16(7-14(20)9-21-18)26-10-13-5-3-2-4-6-13/h2-7,9,11H,8,10H2,1H3,(H,21,23,24). The van der Waals surface area contributed by atoms with E-state index in [2.05, 4.69) is 41.4 Å². The Morgan fingerprint density at radius 3 is 2.86 bits per heavy atom. The normalized spacial score (nSPS) is 10.8. The molecule has 4 aromatic rings. The van der Waals surface area contributed by atoms with Crippen molar-refractivity contribution in [1.29, 1.82) is 0 Å². The summed E-state index contributed by atoms with van der Waals surface area (Å²) in [6.45, 7) is 2.24. The molecule has 0 atom stereocenters. The topological polar surface area (TPSA) is 86.0 Å². The first-order valence-electron chi connectivity index (χ1n) is 8.48. The van der Waals surface area contributed by atoms with Crippen molar-refractivity contribution >= 4 is 38.2 Å². The summed E-state index contributed by atoms with van der Waals surface area (Å²) in [6, 6.07) is 11.9. The molecule has 0 spiro atoms. The first kappa shape index (κ1) is 18.6. The molecule has 0 saturated heterocycles. The highest BCUT2D eigenvalue weighted by atomic mass is 79.9. The molecule has 4 rings (SSSR count). The van der Waals surface area contributed by atoms with Crippen molar-refractivity contribution in [1.82, 2.24) is 20.1 Å². The van der Waals surface area contributed by atoms with Crippen LogP contribution in [0.25, 0.3) is 0 Å². The molecule has 0 aliphatic heterocycles. The van der Waals surface area contributed by atoms with Crippen molar-refractivity contribution in [2.75, 3.05) is 5.32 Å². The quantitative estimate of drug-likeness (QED) is 0.421. The Bertz CT molecular complexity index is 1070. The molecular formula is C19H16BrN5O2S. The third-order valence-corrected chi connectivity index (χ3v) is 4.98. The number of pyridine rings is 1. The van der Waals surface area contributed by atoms with Gasteiger partial charge in [0, 0.05) is 16.0 Å². The fourth-order valence-electron chi connectivity index (χ4n) is 2.47. The monoisotopic (exact) mass is 457 g/mol. The minimum absolute atomic E-state index is 0.452. The number of hydrogen-bond donors (Lipinski definition) is 1. The zero-order chi connectivity index (χ0) is 19.3. The number of thiazole rings is 1. The Kier molecular flexibility index (Phi) is 5.63. The predicted molar refractivity (Wildman–Crippen MR) is 110 cm³/mol. The third-order valence-electron chi connectivity index (χ3n) is 3.74. The zero-order valence-corrected chi connectivity index (χ0v) is 17.3. The van der Waals surface area contributed by atoms with Crippen LogP contribution in [-0.4, -0.2) is 20.1 Å². The highest BCUT2D eigenvalue weighted by Gasteiger charge is 2.12. The van der Waals surface area contributed by atoms with E-state index >= 15 is 0 Å². The molecule has 28 heavy (non-hydrogen) atoms. The summed E-state index contributed by atoms with van der Waals surface area (Å²) < 4.78 is 12.0. The van der Waals surface area contributed by atoms with Crippen molar-refractivity contribution in [3.05, 3.63) is 75.4 Å². The summed E-state index contributed by atoms with van der Waals surface area (Å²) >= 11 is 4.92. The van der Waals surface area contributed by atoms with Crippen LogP contribution in [0.4, 0.5) is 10.9 Å². The van der Waals surface area contributed by atoms with Crippen LogP contribution in [0.5, 0.6) is 5.75 Å². The van der Waals surface area contributed by atoms with E-state index < -0.39 is 0 Å². The molecule has 0 radical (unpaired) electrons. The van der Waals surface area contributed by atoms with Gasteiger partial charge >= 0.3 is 0 Å². The predicted octanol–water partition coefficient (Wildman–Crippen LogP) is 4.91. The smallest absolute Gasteiger partial charge is 0.232 e. The largest absolute Gasteiger partial charge is 0.485 e. The van der Waals surface area contributed by atoms with Gasteiger partial charge in [-0.2, -0.15) is 4.98 Å². The van der Waals surface area contributed by atoms with Crippen molar-refractivity contribution in [3.63, 3.8) is 0 Å². The van der Waals surface area contributed by atoms with E-state index in [-0.39, 0.29) is 0 Å². The average molecular weight is 458 g/mol. The first-order valence-corrected chi connectivity index (χ1v) is 10.2. The number of nitrogens with zero attached hydrogens (tertiary/aromatic N) is 4. The SMILES string of the molecule is Cc1noc(Cc2csc(Nc3ncc(Br)cc3OCc3ccccc3)n2)n1. The number of anilines is 2. The van der Waals surface area contributed by atoms with Gasteiger partial charge in [0.1, 0.15) is 6.61 Å². The van der Waals surface area contributed by atoms with Crippen LogP contribution in [0.2, 0.25) is 0 Å². The second-order valence-electron chi connectivity index (χ2n) is 5.96. The Balaban J connectivity index is 1.47. The number of ether oxygens (including phenoxy) is 1. The molecule has 0 aliphatic rings. The van der Waals surface area contributed by atoms with Crippen molar-refractivity contribution < 1.29 is 9.26 Å². The first-order chi connectivity index (χ1) is 13.7. The molecule has 9 heteroatoms. The molecule has 0 fully saturated rings. The van der Waals surface area contributed by atoms with Crippen molar-refractivity contribution in [3.8, 4) is 5.75 Å². The van der Waals surface area contributed by atoms with E-state index in [4.69, 9.17) is 9.26 Å². The van der Waals surface area contributed by atoms with E-state index in [9.17, 15) is 0 Å². The summed E-state index contributed by atoms with van der Waals surface area (Å²) in [6.07, 6.45) is 2.21. The maximum absolute atomic E-state index is 5.97. The lowest BCUT2D eigenvalue weighted by molar-refractivity contribution is 0.306. The summed E-state index contributed by atoms with van der Waals surface area (Å²) in [4.78, 5) is 13.2. The lowest BCUT2D eigenvalue weighted by Gasteiger charge is -2.11. The van der Waals surface area contributed by atoms with Crippen LogP contribution in [0, 0.1) is 6.92 Å². The van der Waals surface area contributed by atoms with Crippen LogP contribution in [0.1, 0.15) is 23.0 Å². The fraction of sp³-hybridized carbons (Fsp3) is 0.158. The molecule has 142 valence electrons. The van der Waals surface area contributed by atoms with Gasteiger partial charge in [0.05, 0.1) is 12.1 Å². The summed E-state index contributed by atoms with van der Waals surface area (Å²) in [5.74, 6) is 2.40. The Morgan fingerprint density at radius 1 is 1.21 bits per heavy atom. The van der Waals surface area contributed by atoms with Crippen molar-refractivity contribution in [2.45, 2.75) is 20.0 Å². The molecule has 0 saturated carbocycles. The molecule has 3 aromatic heterocycles. The maximum Gasteiger partial charge on any atom is 0.232 e.